The van der Waals surface area contributed by atoms with E-state index in [1.165, 1.54) is 53.5 Å². The third kappa shape index (κ3) is 4.66. The van der Waals surface area contributed by atoms with Crippen LogP contribution in [0.3, 0.4) is 0 Å². The lowest BCUT2D eigenvalue weighted by atomic mass is 9.89. The van der Waals surface area contributed by atoms with Crippen molar-refractivity contribution in [1.29, 1.82) is 0 Å². The molecule has 0 spiro atoms. The molecule has 0 aliphatic heterocycles. The van der Waals surface area contributed by atoms with Crippen LogP contribution in [0.25, 0.3) is 0 Å². The molecule has 0 heterocycles. The number of carbonyl (C=O) groups is 1. The van der Waals surface area contributed by atoms with E-state index in [1.807, 2.05) is 12.1 Å². The Balaban J connectivity index is 1.54. The van der Waals surface area contributed by atoms with Crippen molar-refractivity contribution >= 4 is 6.03 Å². The van der Waals surface area contributed by atoms with Crippen molar-refractivity contribution < 1.29 is 4.79 Å². The molecular formula is C23H30N2O. The first-order valence-electron chi connectivity index (χ1n) is 9.88. The quantitative estimate of drug-likeness (QED) is 0.767. The molecule has 2 amide bonds. The summed E-state index contributed by atoms with van der Waals surface area (Å²) < 4.78 is 0. The van der Waals surface area contributed by atoms with Crippen LogP contribution >= 0.6 is 0 Å². The molecular weight excluding hydrogens is 320 g/mol. The monoisotopic (exact) mass is 350 g/mol. The van der Waals surface area contributed by atoms with Crippen molar-refractivity contribution in [1.82, 2.24) is 10.6 Å². The van der Waals surface area contributed by atoms with Gasteiger partial charge >= 0.3 is 6.03 Å². The first-order chi connectivity index (χ1) is 12.7. The van der Waals surface area contributed by atoms with E-state index in [0.29, 0.717) is 6.54 Å². The fourth-order valence-corrected chi connectivity index (χ4v) is 3.80. The summed E-state index contributed by atoms with van der Waals surface area (Å²) in [5.41, 5.74) is 6.73. The van der Waals surface area contributed by atoms with Gasteiger partial charge in [-0.15, -0.1) is 0 Å². The van der Waals surface area contributed by atoms with Gasteiger partial charge in [-0.25, -0.2) is 4.79 Å². The van der Waals surface area contributed by atoms with Gasteiger partial charge in [0, 0.05) is 6.54 Å². The van der Waals surface area contributed by atoms with E-state index in [4.69, 9.17) is 0 Å². The molecule has 3 nitrogen and oxygen atoms in total. The average Bonchev–Trinajstić information content (AvgIpc) is 2.67. The SMILES string of the molecule is CCC(NC(=O)NCCc1ccccc1C)c1ccc2c(c1)CCCC2. The second kappa shape index (κ2) is 8.88. The number of urea groups is 1. The molecule has 2 aromatic rings. The second-order valence-electron chi connectivity index (χ2n) is 7.27. The summed E-state index contributed by atoms with van der Waals surface area (Å²) in [7, 11) is 0. The zero-order chi connectivity index (χ0) is 18.4. The van der Waals surface area contributed by atoms with Crippen LogP contribution in [0, 0.1) is 6.92 Å². The molecule has 1 unspecified atom stereocenters. The molecule has 26 heavy (non-hydrogen) atoms. The minimum atomic E-state index is -0.0804. The van der Waals surface area contributed by atoms with Crippen LogP contribution in [0.4, 0.5) is 4.79 Å². The maximum atomic E-state index is 12.3. The fraction of sp³-hybridized carbons (Fsp3) is 0.435. The lowest BCUT2D eigenvalue weighted by Crippen LogP contribution is -2.38. The Labute approximate surface area is 157 Å². The molecule has 1 aliphatic rings. The second-order valence-corrected chi connectivity index (χ2v) is 7.27. The Morgan fingerprint density at radius 1 is 1.08 bits per heavy atom. The number of hydrogen-bond acceptors (Lipinski definition) is 1. The first-order valence-corrected chi connectivity index (χ1v) is 9.88. The Hall–Kier alpha value is -2.29. The summed E-state index contributed by atoms with van der Waals surface area (Å²) in [5, 5.41) is 6.15. The van der Waals surface area contributed by atoms with E-state index in [2.05, 4.69) is 54.8 Å². The van der Waals surface area contributed by atoms with Crippen LogP contribution in [0.2, 0.25) is 0 Å². The summed E-state index contributed by atoms with van der Waals surface area (Å²) in [6.07, 6.45) is 6.69. The topological polar surface area (TPSA) is 41.1 Å². The predicted molar refractivity (Wildman–Crippen MR) is 108 cm³/mol. The predicted octanol–water partition coefficient (Wildman–Crippen LogP) is 4.87. The molecule has 2 aromatic carbocycles. The number of benzene rings is 2. The Kier molecular flexibility index (Phi) is 6.32. The first kappa shape index (κ1) is 18.5. The van der Waals surface area contributed by atoms with Gasteiger partial charge in [0.1, 0.15) is 0 Å². The summed E-state index contributed by atoms with van der Waals surface area (Å²) >= 11 is 0. The molecule has 0 bridgehead atoms. The Morgan fingerprint density at radius 2 is 1.85 bits per heavy atom. The number of fused-ring (bicyclic) bond motifs is 1. The number of nitrogens with one attached hydrogen (secondary N) is 2. The molecule has 0 aromatic heterocycles. The van der Waals surface area contributed by atoms with Gasteiger partial charge in [0.05, 0.1) is 6.04 Å². The van der Waals surface area contributed by atoms with Crippen LogP contribution in [-0.2, 0) is 19.3 Å². The van der Waals surface area contributed by atoms with Gasteiger partial charge in [-0.1, -0.05) is 49.4 Å². The zero-order valence-electron chi connectivity index (χ0n) is 16.0. The average molecular weight is 351 g/mol. The van der Waals surface area contributed by atoms with E-state index < -0.39 is 0 Å². The van der Waals surface area contributed by atoms with Crippen LogP contribution < -0.4 is 10.6 Å². The maximum absolute atomic E-state index is 12.3. The van der Waals surface area contributed by atoms with E-state index in [9.17, 15) is 4.79 Å². The number of hydrogen-bond donors (Lipinski definition) is 2. The lowest BCUT2D eigenvalue weighted by Gasteiger charge is -2.22. The smallest absolute Gasteiger partial charge is 0.315 e. The number of rotatable bonds is 6. The van der Waals surface area contributed by atoms with Crippen molar-refractivity contribution in [3.05, 3.63) is 70.3 Å². The molecule has 3 rings (SSSR count). The highest BCUT2D eigenvalue weighted by molar-refractivity contribution is 5.74. The van der Waals surface area contributed by atoms with Crippen LogP contribution in [0.1, 0.15) is 60.0 Å². The highest BCUT2D eigenvalue weighted by atomic mass is 16.2. The van der Waals surface area contributed by atoms with Gasteiger partial charge in [-0.05, 0) is 73.3 Å². The van der Waals surface area contributed by atoms with Crippen molar-refractivity contribution in [2.75, 3.05) is 6.54 Å². The Bertz CT molecular complexity index is 754. The van der Waals surface area contributed by atoms with Gasteiger partial charge in [0.15, 0.2) is 0 Å². The lowest BCUT2D eigenvalue weighted by molar-refractivity contribution is 0.237. The summed E-state index contributed by atoms with van der Waals surface area (Å²) in [4.78, 5) is 12.3. The minimum absolute atomic E-state index is 0.0701. The van der Waals surface area contributed by atoms with E-state index in [0.717, 1.165) is 12.8 Å². The Morgan fingerprint density at radius 3 is 2.62 bits per heavy atom. The minimum Gasteiger partial charge on any atom is -0.338 e. The zero-order valence-corrected chi connectivity index (χ0v) is 16.0. The highest BCUT2D eigenvalue weighted by Crippen LogP contribution is 2.26. The summed E-state index contributed by atoms with van der Waals surface area (Å²) in [5.74, 6) is 0. The molecule has 1 atom stereocenters. The molecule has 2 N–H and O–H groups in total. The van der Waals surface area contributed by atoms with Gasteiger partial charge in [0.25, 0.3) is 0 Å². The van der Waals surface area contributed by atoms with E-state index in [-0.39, 0.29) is 12.1 Å². The van der Waals surface area contributed by atoms with Crippen molar-refractivity contribution in [2.24, 2.45) is 0 Å². The third-order valence-corrected chi connectivity index (χ3v) is 5.43. The van der Waals surface area contributed by atoms with Crippen molar-refractivity contribution in [3.63, 3.8) is 0 Å². The van der Waals surface area contributed by atoms with Crippen molar-refractivity contribution in [3.8, 4) is 0 Å². The van der Waals surface area contributed by atoms with Crippen LogP contribution in [-0.4, -0.2) is 12.6 Å². The molecule has 138 valence electrons. The van der Waals surface area contributed by atoms with Gasteiger partial charge in [0.2, 0.25) is 0 Å². The fourth-order valence-electron chi connectivity index (χ4n) is 3.80. The third-order valence-electron chi connectivity index (χ3n) is 5.43. The van der Waals surface area contributed by atoms with Gasteiger partial charge in [-0.3, -0.25) is 0 Å². The van der Waals surface area contributed by atoms with Gasteiger partial charge in [-0.2, -0.15) is 0 Å². The molecule has 3 heteroatoms. The molecule has 0 fully saturated rings. The standard InChI is InChI=1S/C23H30N2O/c1-3-22(21-13-12-19-10-6-7-11-20(19)16-21)25-23(26)24-15-14-18-9-5-4-8-17(18)2/h4-5,8-9,12-13,16,22H,3,6-7,10-11,14-15H2,1-2H3,(H2,24,25,26). The molecule has 1 aliphatic carbocycles. The van der Waals surface area contributed by atoms with Crippen LogP contribution in [0.15, 0.2) is 42.5 Å². The normalized spacial score (nSPS) is 14.4. The molecule has 0 radical (unpaired) electrons. The molecule has 0 saturated carbocycles. The largest absolute Gasteiger partial charge is 0.338 e. The summed E-state index contributed by atoms with van der Waals surface area (Å²) in [6.45, 7) is 4.88. The van der Waals surface area contributed by atoms with Crippen LogP contribution in [0.5, 0.6) is 0 Å². The maximum Gasteiger partial charge on any atom is 0.315 e. The number of amides is 2. The molecule has 0 saturated heterocycles. The van der Waals surface area contributed by atoms with Crippen molar-refractivity contribution in [2.45, 2.75) is 58.4 Å². The number of carbonyl (C=O) groups excluding carboxylic acids is 1. The summed E-state index contributed by atoms with van der Waals surface area (Å²) in [6, 6.07) is 15.1. The van der Waals surface area contributed by atoms with E-state index >= 15 is 0 Å². The van der Waals surface area contributed by atoms with Gasteiger partial charge < -0.3 is 10.6 Å². The highest BCUT2D eigenvalue weighted by Gasteiger charge is 2.16. The number of aryl methyl sites for hydroxylation is 3. The van der Waals surface area contributed by atoms with E-state index in [1.54, 1.807) is 0 Å².